The first-order valence-corrected chi connectivity index (χ1v) is 12.3. The van der Waals surface area contributed by atoms with Crippen LogP contribution in [0, 0.1) is 5.41 Å². The maximum absolute atomic E-state index is 12.7. The third-order valence-corrected chi connectivity index (χ3v) is 7.09. The molecular formula is C29H28F3N3O3. The molecule has 6 nitrogen and oxygen atoms in total. The second-order valence-electron chi connectivity index (χ2n) is 10.1. The smallest absolute Gasteiger partial charge is 0.406 e. The first-order valence-electron chi connectivity index (χ1n) is 12.3. The number of likely N-dealkylation sites (tertiary alicyclic amines) is 1. The van der Waals surface area contributed by atoms with E-state index < -0.39 is 17.4 Å². The number of halogens is 3. The summed E-state index contributed by atoms with van der Waals surface area (Å²) >= 11 is 0. The van der Waals surface area contributed by atoms with E-state index in [0.29, 0.717) is 47.9 Å². The molecule has 1 fully saturated rings. The number of benzene rings is 3. The lowest BCUT2D eigenvalue weighted by Gasteiger charge is -2.56. The summed E-state index contributed by atoms with van der Waals surface area (Å²) in [5.74, 6) is 0.571. The van der Waals surface area contributed by atoms with Crippen LogP contribution in [-0.4, -0.2) is 46.6 Å². The van der Waals surface area contributed by atoms with Gasteiger partial charge in [-0.3, -0.25) is 0 Å². The number of aryl methyl sites for hydroxylation is 2. The molecule has 1 saturated heterocycles. The number of ether oxygens (including phenoxy) is 1. The summed E-state index contributed by atoms with van der Waals surface area (Å²) in [7, 11) is 1.95. The van der Waals surface area contributed by atoms with Gasteiger partial charge in [0.05, 0.1) is 0 Å². The van der Waals surface area contributed by atoms with Gasteiger partial charge in [-0.05, 0) is 54.4 Å². The van der Waals surface area contributed by atoms with Crippen LogP contribution in [0.4, 0.5) is 13.2 Å². The maximum atomic E-state index is 12.7. The predicted octanol–water partition coefficient (Wildman–Crippen LogP) is 5.61. The minimum atomic E-state index is -4.79. The lowest BCUT2D eigenvalue weighted by atomic mass is 9.62. The van der Waals surface area contributed by atoms with Gasteiger partial charge in [0.1, 0.15) is 11.4 Å². The van der Waals surface area contributed by atoms with E-state index in [0.717, 1.165) is 6.42 Å². The third-order valence-electron chi connectivity index (χ3n) is 7.09. The molecule has 0 unspecified atom stereocenters. The highest BCUT2D eigenvalue weighted by Crippen LogP contribution is 2.50. The highest BCUT2D eigenvalue weighted by atomic mass is 19.4. The zero-order valence-corrected chi connectivity index (χ0v) is 21.1. The molecule has 1 aromatic heterocycles. The van der Waals surface area contributed by atoms with Crippen LogP contribution in [0.25, 0.3) is 11.5 Å². The number of hydrogen-bond acceptors (Lipinski definition) is 6. The van der Waals surface area contributed by atoms with Gasteiger partial charge in [-0.2, -0.15) is 4.98 Å². The molecule has 198 valence electrons. The van der Waals surface area contributed by atoms with Crippen molar-refractivity contribution in [3.63, 3.8) is 0 Å². The fourth-order valence-corrected chi connectivity index (χ4v) is 5.39. The van der Waals surface area contributed by atoms with E-state index in [2.05, 4.69) is 19.8 Å². The van der Waals surface area contributed by atoms with Crippen molar-refractivity contribution in [1.82, 2.24) is 15.0 Å². The van der Waals surface area contributed by atoms with Crippen LogP contribution in [0.3, 0.4) is 0 Å². The minimum Gasteiger partial charge on any atom is -0.406 e. The van der Waals surface area contributed by atoms with Crippen LogP contribution in [0.1, 0.15) is 29.4 Å². The summed E-state index contributed by atoms with van der Waals surface area (Å²) in [6.07, 6.45) is -3.40. The molecule has 0 bridgehead atoms. The summed E-state index contributed by atoms with van der Waals surface area (Å²) in [4.78, 5) is 6.63. The Labute approximate surface area is 218 Å². The van der Waals surface area contributed by atoms with Gasteiger partial charge in [0.2, 0.25) is 0 Å². The second-order valence-corrected chi connectivity index (χ2v) is 10.1. The Kier molecular flexibility index (Phi) is 6.75. The molecule has 38 heavy (non-hydrogen) atoms. The Balaban J connectivity index is 1.45. The molecule has 1 atom stereocenters. The SMILES string of the molecule is CN1CC(C)([C@@](O)(c2ccc(OC(F)(F)F)cc2)c2cccc(-c3nc(CCc4ccccc4)no3)c2)C1. The van der Waals surface area contributed by atoms with E-state index in [-0.39, 0.29) is 5.75 Å². The molecule has 4 aromatic rings. The Bertz CT molecular complexity index is 1380. The van der Waals surface area contributed by atoms with Gasteiger partial charge >= 0.3 is 6.36 Å². The van der Waals surface area contributed by atoms with Gasteiger partial charge in [0.15, 0.2) is 5.82 Å². The molecule has 3 aromatic carbocycles. The highest BCUT2D eigenvalue weighted by molar-refractivity contribution is 5.57. The van der Waals surface area contributed by atoms with Crippen LogP contribution in [0.5, 0.6) is 5.75 Å². The molecule has 2 heterocycles. The van der Waals surface area contributed by atoms with E-state index in [1.54, 1.807) is 18.2 Å². The van der Waals surface area contributed by atoms with Gasteiger partial charge in [-0.1, -0.05) is 66.7 Å². The zero-order chi connectivity index (χ0) is 27.0. The van der Waals surface area contributed by atoms with Crippen molar-refractivity contribution in [3.05, 3.63) is 101 Å². The summed E-state index contributed by atoms with van der Waals surface area (Å²) < 4.78 is 47.6. The van der Waals surface area contributed by atoms with Gasteiger partial charge in [-0.15, -0.1) is 13.2 Å². The van der Waals surface area contributed by atoms with E-state index in [4.69, 9.17) is 4.52 Å². The predicted molar refractivity (Wildman–Crippen MR) is 135 cm³/mol. The standard InChI is InChI=1S/C29H28F3N3O3/c1-27(18-35(2)19-27)28(36,22-12-14-24(15-13-22)37-29(30,31)32)23-10-6-9-21(17-23)26-33-25(34-38-26)16-11-20-7-4-3-5-8-20/h3-10,12-15,17,36H,11,16,18-19H2,1-2H3/t28-/m1/s1. The van der Waals surface area contributed by atoms with Gasteiger partial charge in [0, 0.05) is 30.5 Å². The first kappa shape index (κ1) is 25.9. The van der Waals surface area contributed by atoms with Crippen LogP contribution in [0.2, 0.25) is 0 Å². The molecule has 9 heteroatoms. The Morgan fingerprint density at radius 3 is 2.32 bits per heavy atom. The lowest BCUT2D eigenvalue weighted by molar-refractivity contribution is -0.274. The van der Waals surface area contributed by atoms with Crippen LogP contribution in [-0.2, 0) is 18.4 Å². The Morgan fingerprint density at radius 1 is 0.947 bits per heavy atom. The molecule has 0 amide bonds. The third kappa shape index (κ3) is 5.16. The number of rotatable bonds is 8. The van der Waals surface area contributed by atoms with Crippen molar-refractivity contribution < 1.29 is 27.5 Å². The number of alkyl halides is 3. The molecule has 1 N–H and O–H groups in total. The zero-order valence-electron chi connectivity index (χ0n) is 21.1. The van der Waals surface area contributed by atoms with Gasteiger partial charge < -0.3 is 19.3 Å². The molecule has 0 spiro atoms. The highest BCUT2D eigenvalue weighted by Gasteiger charge is 2.55. The largest absolute Gasteiger partial charge is 0.573 e. The Morgan fingerprint density at radius 2 is 1.66 bits per heavy atom. The normalized spacial score (nSPS) is 17.0. The quantitative estimate of drug-likeness (QED) is 0.324. The summed E-state index contributed by atoms with van der Waals surface area (Å²) in [6.45, 7) is 3.16. The molecule has 0 saturated carbocycles. The number of aromatic nitrogens is 2. The van der Waals surface area contributed by atoms with Crippen molar-refractivity contribution in [2.45, 2.75) is 31.7 Å². The molecule has 5 rings (SSSR count). The summed E-state index contributed by atoms with van der Waals surface area (Å²) in [5, 5.41) is 16.4. The molecule has 1 aliphatic rings. The van der Waals surface area contributed by atoms with Crippen LogP contribution in [0.15, 0.2) is 83.4 Å². The lowest BCUT2D eigenvalue weighted by Crippen LogP contribution is -2.63. The van der Waals surface area contributed by atoms with Gasteiger partial charge in [0.25, 0.3) is 5.89 Å². The van der Waals surface area contributed by atoms with Crippen molar-refractivity contribution in [2.75, 3.05) is 20.1 Å². The molecule has 1 aliphatic heterocycles. The molecule has 0 radical (unpaired) electrons. The number of nitrogens with zero attached hydrogens (tertiary/aromatic N) is 3. The van der Waals surface area contributed by atoms with Crippen molar-refractivity contribution in [3.8, 4) is 17.2 Å². The first-order chi connectivity index (χ1) is 18.1. The fourth-order valence-electron chi connectivity index (χ4n) is 5.39. The molecular weight excluding hydrogens is 495 g/mol. The van der Waals surface area contributed by atoms with E-state index >= 15 is 0 Å². The van der Waals surface area contributed by atoms with Crippen molar-refractivity contribution in [2.24, 2.45) is 5.41 Å². The average Bonchev–Trinajstić information content (AvgIpc) is 3.35. The second kappa shape index (κ2) is 9.89. The van der Waals surface area contributed by atoms with E-state index in [1.807, 2.05) is 50.4 Å². The number of aliphatic hydroxyl groups is 1. The topological polar surface area (TPSA) is 71.6 Å². The van der Waals surface area contributed by atoms with E-state index in [1.165, 1.54) is 29.8 Å². The van der Waals surface area contributed by atoms with Crippen LogP contribution >= 0.6 is 0 Å². The average molecular weight is 524 g/mol. The molecule has 0 aliphatic carbocycles. The fraction of sp³-hybridized carbons (Fsp3) is 0.310. The summed E-state index contributed by atoms with van der Waals surface area (Å²) in [6, 6.07) is 22.7. The van der Waals surface area contributed by atoms with Crippen molar-refractivity contribution in [1.29, 1.82) is 0 Å². The number of hydrogen-bond donors (Lipinski definition) is 1. The van der Waals surface area contributed by atoms with Crippen molar-refractivity contribution >= 4 is 0 Å². The van der Waals surface area contributed by atoms with Gasteiger partial charge in [-0.25, -0.2) is 0 Å². The van der Waals surface area contributed by atoms with Crippen LogP contribution < -0.4 is 4.74 Å². The minimum absolute atomic E-state index is 0.335. The summed E-state index contributed by atoms with van der Waals surface area (Å²) in [5.41, 5.74) is 0.780. The van der Waals surface area contributed by atoms with E-state index in [9.17, 15) is 18.3 Å². The monoisotopic (exact) mass is 523 g/mol. The maximum Gasteiger partial charge on any atom is 0.573 e. The Hall–Kier alpha value is -3.69.